The average Bonchev–Trinajstić information content (AvgIpc) is 2.71. The summed E-state index contributed by atoms with van der Waals surface area (Å²) in [5.41, 5.74) is 6.60. The van der Waals surface area contributed by atoms with Crippen LogP contribution >= 0.6 is 0 Å². The van der Waals surface area contributed by atoms with Gasteiger partial charge in [-0.25, -0.2) is 0 Å². The first kappa shape index (κ1) is 15.3. The summed E-state index contributed by atoms with van der Waals surface area (Å²) in [6.45, 7) is 7.23. The first-order chi connectivity index (χ1) is 9.28. The molecule has 1 heterocycles. The number of hydrogen-bond donors (Lipinski definition) is 1. The molecule has 1 aliphatic carbocycles. The minimum Gasteiger partial charge on any atom is -0.330 e. The van der Waals surface area contributed by atoms with E-state index in [0.717, 1.165) is 12.5 Å². The lowest BCUT2D eigenvalue weighted by Gasteiger charge is -2.38. The molecule has 0 bridgehead atoms. The van der Waals surface area contributed by atoms with E-state index in [0.29, 0.717) is 5.41 Å². The SMILES string of the molecule is CCC1CCCN(CCC2(CN)CCCCC2)CC1. The Morgan fingerprint density at radius 2 is 1.84 bits per heavy atom. The summed E-state index contributed by atoms with van der Waals surface area (Å²) in [7, 11) is 0. The fourth-order valence-corrected chi connectivity index (χ4v) is 4.11. The van der Waals surface area contributed by atoms with Crippen molar-refractivity contribution in [2.24, 2.45) is 17.1 Å². The molecule has 1 atom stereocenters. The van der Waals surface area contributed by atoms with Crippen molar-refractivity contribution in [2.75, 3.05) is 26.2 Å². The molecule has 0 aromatic rings. The van der Waals surface area contributed by atoms with Gasteiger partial charge in [0.25, 0.3) is 0 Å². The lowest BCUT2D eigenvalue weighted by molar-refractivity contribution is 0.147. The van der Waals surface area contributed by atoms with Crippen molar-refractivity contribution in [3.8, 4) is 0 Å². The third-order valence-corrected chi connectivity index (χ3v) is 5.82. The van der Waals surface area contributed by atoms with Crippen molar-refractivity contribution in [1.29, 1.82) is 0 Å². The van der Waals surface area contributed by atoms with E-state index in [9.17, 15) is 0 Å². The van der Waals surface area contributed by atoms with Crippen LogP contribution in [0.3, 0.4) is 0 Å². The minimum atomic E-state index is 0.495. The van der Waals surface area contributed by atoms with Crippen LogP contribution in [-0.4, -0.2) is 31.1 Å². The van der Waals surface area contributed by atoms with Gasteiger partial charge in [-0.15, -0.1) is 0 Å². The molecule has 1 aliphatic heterocycles. The van der Waals surface area contributed by atoms with Crippen molar-refractivity contribution in [1.82, 2.24) is 4.90 Å². The van der Waals surface area contributed by atoms with Crippen LogP contribution in [0.1, 0.15) is 71.1 Å². The first-order valence-corrected chi connectivity index (χ1v) is 8.70. The fraction of sp³-hybridized carbons (Fsp3) is 1.00. The standard InChI is InChI=1S/C17H34N2/c1-2-16-7-6-12-19(13-8-16)14-11-17(15-18)9-4-3-5-10-17/h16H,2-15,18H2,1H3. The minimum absolute atomic E-state index is 0.495. The zero-order valence-electron chi connectivity index (χ0n) is 13.0. The molecule has 0 spiro atoms. The van der Waals surface area contributed by atoms with Gasteiger partial charge < -0.3 is 10.6 Å². The predicted molar refractivity (Wildman–Crippen MR) is 83.3 cm³/mol. The lowest BCUT2D eigenvalue weighted by Crippen LogP contribution is -2.37. The molecule has 19 heavy (non-hydrogen) atoms. The topological polar surface area (TPSA) is 29.3 Å². The third-order valence-electron chi connectivity index (χ3n) is 5.82. The van der Waals surface area contributed by atoms with Crippen molar-refractivity contribution >= 4 is 0 Å². The summed E-state index contributed by atoms with van der Waals surface area (Å²) >= 11 is 0. The van der Waals surface area contributed by atoms with Gasteiger partial charge in [0.2, 0.25) is 0 Å². The molecule has 2 nitrogen and oxygen atoms in total. The van der Waals surface area contributed by atoms with Crippen LogP contribution in [0.4, 0.5) is 0 Å². The van der Waals surface area contributed by atoms with Gasteiger partial charge in [0.15, 0.2) is 0 Å². The van der Waals surface area contributed by atoms with Gasteiger partial charge in [-0.2, -0.15) is 0 Å². The molecule has 0 amide bonds. The molecular formula is C17H34N2. The van der Waals surface area contributed by atoms with Gasteiger partial charge >= 0.3 is 0 Å². The van der Waals surface area contributed by atoms with E-state index >= 15 is 0 Å². The largest absolute Gasteiger partial charge is 0.330 e. The van der Waals surface area contributed by atoms with Gasteiger partial charge in [-0.1, -0.05) is 32.6 Å². The first-order valence-electron chi connectivity index (χ1n) is 8.70. The summed E-state index contributed by atoms with van der Waals surface area (Å²) in [5, 5.41) is 0. The third kappa shape index (κ3) is 4.46. The molecule has 0 radical (unpaired) electrons. The highest BCUT2D eigenvalue weighted by Crippen LogP contribution is 2.38. The molecule has 112 valence electrons. The number of nitrogens with two attached hydrogens (primary N) is 1. The Morgan fingerprint density at radius 3 is 2.53 bits per heavy atom. The second-order valence-corrected chi connectivity index (χ2v) is 7.06. The van der Waals surface area contributed by atoms with Crippen LogP contribution in [0.2, 0.25) is 0 Å². The summed E-state index contributed by atoms with van der Waals surface area (Å²) in [6.07, 6.45) is 14.0. The van der Waals surface area contributed by atoms with Crippen molar-refractivity contribution in [3.05, 3.63) is 0 Å². The molecule has 1 unspecified atom stereocenters. The Hall–Kier alpha value is -0.0800. The highest BCUT2D eigenvalue weighted by atomic mass is 15.1. The fourth-order valence-electron chi connectivity index (χ4n) is 4.11. The van der Waals surface area contributed by atoms with Gasteiger partial charge in [0.1, 0.15) is 0 Å². The zero-order valence-corrected chi connectivity index (χ0v) is 13.0. The Labute approximate surface area is 120 Å². The summed E-state index contributed by atoms with van der Waals surface area (Å²) in [6, 6.07) is 0. The van der Waals surface area contributed by atoms with Crippen LogP contribution in [0.15, 0.2) is 0 Å². The van der Waals surface area contributed by atoms with Crippen molar-refractivity contribution in [2.45, 2.75) is 71.1 Å². The Morgan fingerprint density at radius 1 is 1.05 bits per heavy atom. The average molecular weight is 266 g/mol. The van der Waals surface area contributed by atoms with Crippen LogP contribution in [0.25, 0.3) is 0 Å². The van der Waals surface area contributed by atoms with E-state index in [-0.39, 0.29) is 0 Å². The highest BCUT2D eigenvalue weighted by Gasteiger charge is 2.30. The maximum atomic E-state index is 6.11. The van der Waals surface area contributed by atoms with E-state index in [4.69, 9.17) is 5.73 Å². The molecule has 0 aromatic carbocycles. The summed E-state index contributed by atoms with van der Waals surface area (Å²) < 4.78 is 0. The molecule has 2 aliphatic rings. The maximum Gasteiger partial charge on any atom is -0.00130 e. The predicted octanol–water partition coefficient (Wildman–Crippen LogP) is 3.80. The number of nitrogens with zero attached hydrogens (tertiary/aromatic N) is 1. The second-order valence-electron chi connectivity index (χ2n) is 7.06. The van der Waals surface area contributed by atoms with E-state index in [2.05, 4.69) is 11.8 Å². The van der Waals surface area contributed by atoms with Crippen LogP contribution < -0.4 is 5.73 Å². The Bertz CT molecular complexity index is 246. The van der Waals surface area contributed by atoms with Gasteiger partial charge in [0, 0.05) is 0 Å². The Kier molecular flexibility index (Phi) is 6.15. The summed E-state index contributed by atoms with van der Waals surface area (Å²) in [5.74, 6) is 0.989. The second kappa shape index (κ2) is 7.64. The molecule has 2 heteroatoms. The summed E-state index contributed by atoms with van der Waals surface area (Å²) in [4.78, 5) is 2.72. The molecule has 0 aromatic heterocycles. The van der Waals surface area contributed by atoms with E-state index < -0.39 is 0 Å². The van der Waals surface area contributed by atoms with Crippen molar-refractivity contribution < 1.29 is 0 Å². The quantitative estimate of drug-likeness (QED) is 0.820. The van der Waals surface area contributed by atoms with E-state index in [1.807, 2.05) is 0 Å². The van der Waals surface area contributed by atoms with Crippen LogP contribution in [0, 0.1) is 11.3 Å². The van der Waals surface area contributed by atoms with Gasteiger partial charge in [0.05, 0.1) is 0 Å². The monoisotopic (exact) mass is 266 g/mol. The smallest absolute Gasteiger partial charge is 0.00130 e. The molecule has 2 fully saturated rings. The van der Waals surface area contributed by atoms with E-state index in [1.165, 1.54) is 83.8 Å². The number of rotatable bonds is 5. The molecule has 1 saturated heterocycles. The van der Waals surface area contributed by atoms with Crippen LogP contribution in [-0.2, 0) is 0 Å². The van der Waals surface area contributed by atoms with Crippen LogP contribution in [0.5, 0.6) is 0 Å². The van der Waals surface area contributed by atoms with Gasteiger partial charge in [-0.05, 0) is 76.0 Å². The highest BCUT2D eigenvalue weighted by molar-refractivity contribution is 4.85. The number of hydrogen-bond acceptors (Lipinski definition) is 2. The molecular weight excluding hydrogens is 232 g/mol. The lowest BCUT2D eigenvalue weighted by atomic mass is 9.72. The normalized spacial score (nSPS) is 29.1. The molecule has 2 rings (SSSR count). The maximum absolute atomic E-state index is 6.11. The number of likely N-dealkylation sites (tertiary alicyclic amines) is 1. The zero-order chi connectivity index (χ0) is 13.6. The Balaban J connectivity index is 1.77. The van der Waals surface area contributed by atoms with Crippen molar-refractivity contribution in [3.63, 3.8) is 0 Å². The molecule has 1 saturated carbocycles. The van der Waals surface area contributed by atoms with E-state index in [1.54, 1.807) is 0 Å². The molecule has 2 N–H and O–H groups in total. The van der Waals surface area contributed by atoms with Gasteiger partial charge in [-0.3, -0.25) is 0 Å².